The van der Waals surface area contributed by atoms with Gasteiger partial charge in [0.2, 0.25) is 11.6 Å². The number of nitrogens with zero attached hydrogens (tertiary/aromatic N) is 3. The number of rotatable bonds is 10. The van der Waals surface area contributed by atoms with Crippen molar-refractivity contribution in [3.63, 3.8) is 0 Å². The molecule has 0 bridgehead atoms. The lowest BCUT2D eigenvalue weighted by atomic mass is 10.0. The third kappa shape index (κ3) is 6.57. The molecule has 15 nitrogen and oxygen atoms in total. The van der Waals surface area contributed by atoms with E-state index >= 15 is 0 Å². The van der Waals surface area contributed by atoms with Crippen LogP contribution in [-0.2, 0) is 33.5 Å². The van der Waals surface area contributed by atoms with E-state index in [0.29, 0.717) is 0 Å². The second-order valence-corrected chi connectivity index (χ2v) is 9.55. The number of urea groups is 1. The van der Waals surface area contributed by atoms with Crippen molar-refractivity contribution in [1.29, 1.82) is 0 Å². The van der Waals surface area contributed by atoms with Crippen LogP contribution in [0.2, 0.25) is 0 Å². The molecule has 39 heavy (non-hydrogen) atoms. The van der Waals surface area contributed by atoms with Crippen LogP contribution >= 0.6 is 11.8 Å². The number of carboxylic acids is 1. The minimum absolute atomic E-state index is 0.0169. The fraction of sp³-hybridized carbons (Fsp3) is 0.435. The van der Waals surface area contributed by atoms with Gasteiger partial charge in [0.1, 0.15) is 29.8 Å². The highest BCUT2D eigenvalue weighted by Crippen LogP contribution is 2.40. The van der Waals surface area contributed by atoms with Gasteiger partial charge in [0.05, 0.1) is 12.7 Å². The lowest BCUT2D eigenvalue weighted by Gasteiger charge is -2.49. The number of thioether (sulfide) groups is 1. The molecule has 210 valence electrons. The first kappa shape index (κ1) is 29.2. The number of oxime groups is 1. The van der Waals surface area contributed by atoms with Crippen LogP contribution in [0.5, 0.6) is 0 Å². The highest BCUT2D eigenvalue weighted by Gasteiger charge is 2.54. The summed E-state index contributed by atoms with van der Waals surface area (Å²) >= 11 is 1.20. The molecule has 16 heteroatoms. The van der Waals surface area contributed by atoms with Crippen LogP contribution in [0, 0.1) is 0 Å². The van der Waals surface area contributed by atoms with E-state index in [1.165, 1.54) is 58.1 Å². The van der Waals surface area contributed by atoms with E-state index in [2.05, 4.69) is 15.8 Å². The number of fused-ring (bicyclic) bond motifs is 1. The number of imide groups is 1. The summed E-state index contributed by atoms with van der Waals surface area (Å²) in [5, 5.41) is 17.6. The lowest BCUT2D eigenvalue weighted by molar-refractivity contribution is -0.150. The zero-order valence-electron chi connectivity index (χ0n) is 21.5. The second-order valence-electron chi connectivity index (χ2n) is 8.44. The molecule has 0 saturated carbocycles. The monoisotopic (exact) mass is 565 g/mol. The number of amides is 5. The van der Waals surface area contributed by atoms with Gasteiger partial charge in [-0.15, -0.1) is 11.8 Å². The first-order chi connectivity index (χ1) is 18.5. The molecule has 1 aromatic heterocycles. The van der Waals surface area contributed by atoms with Crippen molar-refractivity contribution >= 4 is 53.2 Å². The molecular formula is C23H27N5O10S. The van der Waals surface area contributed by atoms with Crippen LogP contribution in [0.25, 0.3) is 0 Å². The first-order valence-electron chi connectivity index (χ1n) is 11.6. The maximum atomic E-state index is 13.1. The normalized spacial score (nSPS) is 19.3. The average Bonchev–Trinajstić information content (AvgIpc) is 3.43. The smallest absolute Gasteiger partial charge is 0.352 e. The van der Waals surface area contributed by atoms with Gasteiger partial charge in [-0.3, -0.25) is 29.0 Å². The minimum atomic E-state index is -1.36. The second kappa shape index (κ2) is 12.5. The summed E-state index contributed by atoms with van der Waals surface area (Å²) in [6.45, 7) is 2.42. The molecule has 2 aliphatic heterocycles. The van der Waals surface area contributed by atoms with Crippen LogP contribution in [0.3, 0.4) is 0 Å². The van der Waals surface area contributed by atoms with E-state index in [1.807, 2.05) is 0 Å². The Kier molecular flexibility index (Phi) is 9.34. The Hall–Kier alpha value is -4.34. The largest absolute Gasteiger partial charge is 0.477 e. The maximum Gasteiger partial charge on any atom is 0.352 e. The maximum absolute atomic E-state index is 13.1. The number of hydrogen-bond acceptors (Lipinski definition) is 11. The van der Waals surface area contributed by atoms with Gasteiger partial charge in [-0.1, -0.05) is 5.16 Å². The molecule has 0 radical (unpaired) electrons. The third-order valence-corrected chi connectivity index (χ3v) is 6.97. The van der Waals surface area contributed by atoms with Crippen molar-refractivity contribution in [2.75, 3.05) is 26.5 Å². The van der Waals surface area contributed by atoms with Gasteiger partial charge >= 0.3 is 18.0 Å². The van der Waals surface area contributed by atoms with Crippen LogP contribution in [-0.4, -0.2) is 100 Å². The fourth-order valence-electron chi connectivity index (χ4n) is 3.65. The predicted molar refractivity (Wildman–Crippen MR) is 134 cm³/mol. The number of aliphatic carboxylic acids is 1. The Balaban J connectivity index is 1.72. The van der Waals surface area contributed by atoms with E-state index in [4.69, 9.17) is 14.0 Å². The summed E-state index contributed by atoms with van der Waals surface area (Å²) in [5.41, 5.74) is -0.358. The summed E-state index contributed by atoms with van der Waals surface area (Å²) < 4.78 is 10.2. The molecule has 2 aliphatic rings. The van der Waals surface area contributed by atoms with Gasteiger partial charge in [0.15, 0.2) is 5.76 Å². The van der Waals surface area contributed by atoms with E-state index in [0.717, 1.165) is 9.80 Å². The molecule has 1 aromatic rings. The number of nitrogens with one attached hydrogen (secondary N) is 2. The SMILES string of the molecule is CNC(=O)N(C)C(=O)CC(C)ON=C(C(=O)N[C@@H]1C(=O)N2C(C(=O)O)=C(COC(C)=O)CS[C@H]12)c1ccco1. The average molecular weight is 566 g/mol. The third-order valence-electron chi connectivity index (χ3n) is 5.63. The molecule has 0 spiro atoms. The number of furan rings is 1. The van der Waals surface area contributed by atoms with Gasteiger partial charge < -0.3 is 29.7 Å². The van der Waals surface area contributed by atoms with Crippen molar-refractivity contribution in [3.05, 3.63) is 35.4 Å². The van der Waals surface area contributed by atoms with E-state index in [1.54, 1.807) is 0 Å². The summed E-state index contributed by atoms with van der Waals surface area (Å²) in [7, 11) is 2.68. The topological polar surface area (TPSA) is 197 Å². The Bertz CT molecular complexity index is 1230. The van der Waals surface area contributed by atoms with Crippen LogP contribution in [0.4, 0.5) is 4.79 Å². The Morgan fingerprint density at radius 2 is 2.05 bits per heavy atom. The molecular weight excluding hydrogens is 538 g/mol. The van der Waals surface area contributed by atoms with Crippen LogP contribution in [0.15, 0.2) is 39.2 Å². The number of carbonyl (C=O) groups is 6. The summed E-state index contributed by atoms with van der Waals surface area (Å²) in [6, 6.07) is 1.26. The van der Waals surface area contributed by atoms with Gasteiger partial charge in [-0.25, -0.2) is 9.59 Å². The Morgan fingerprint density at radius 1 is 1.33 bits per heavy atom. The molecule has 1 unspecified atom stereocenters. The van der Waals surface area contributed by atoms with Crippen LogP contribution in [0.1, 0.15) is 26.0 Å². The molecule has 3 N–H and O–H groups in total. The zero-order valence-corrected chi connectivity index (χ0v) is 22.3. The molecule has 1 fully saturated rings. The number of carboxylic acid groups (broad SMARTS) is 1. The number of hydrogen-bond donors (Lipinski definition) is 3. The highest BCUT2D eigenvalue weighted by atomic mass is 32.2. The molecule has 5 amide bonds. The highest BCUT2D eigenvalue weighted by molar-refractivity contribution is 8.00. The van der Waals surface area contributed by atoms with Gasteiger partial charge in [-0.2, -0.15) is 0 Å². The summed E-state index contributed by atoms with van der Waals surface area (Å²) in [4.78, 5) is 80.1. The first-order valence-corrected chi connectivity index (χ1v) is 12.6. The molecule has 3 atom stereocenters. The number of ether oxygens (including phenoxy) is 1. The molecule has 1 saturated heterocycles. The summed E-state index contributed by atoms with van der Waals surface area (Å²) in [5.74, 6) is -3.84. The number of carbonyl (C=O) groups excluding carboxylic acids is 5. The number of esters is 1. The van der Waals surface area contributed by atoms with E-state index < -0.39 is 53.2 Å². The predicted octanol–water partition coefficient (Wildman–Crippen LogP) is -0.122. The minimum Gasteiger partial charge on any atom is -0.477 e. The van der Waals surface area contributed by atoms with Gasteiger partial charge in [0.25, 0.3) is 11.8 Å². The standard InChI is InChI=1S/C23H27N5O10S/c1-11(8-15(30)27(4)23(35)24-3)38-26-16(14-6-5-7-36-14)19(31)25-17-20(32)28-18(22(33)34)13(9-37-12(2)29)10-39-21(17)28/h5-7,11,17,21H,8-10H2,1-4H3,(H,24,35)(H,25,31)(H,33,34)/t11?,17-,21-/m1/s1. The number of β-lactam (4-membered cyclic amide) rings is 1. The van der Waals surface area contributed by atoms with E-state index in [-0.39, 0.29) is 41.5 Å². The van der Waals surface area contributed by atoms with Gasteiger partial charge in [0, 0.05) is 32.3 Å². The molecule has 0 aromatic carbocycles. The Labute approximate surface area is 226 Å². The van der Waals surface area contributed by atoms with Crippen LogP contribution < -0.4 is 10.6 Å². The van der Waals surface area contributed by atoms with Gasteiger partial charge in [-0.05, 0) is 19.1 Å². The molecule has 3 heterocycles. The Morgan fingerprint density at radius 3 is 2.64 bits per heavy atom. The van der Waals surface area contributed by atoms with Crippen molar-refractivity contribution in [3.8, 4) is 0 Å². The van der Waals surface area contributed by atoms with Crippen molar-refractivity contribution in [2.24, 2.45) is 5.16 Å². The summed E-state index contributed by atoms with van der Waals surface area (Å²) in [6.07, 6.45) is 0.233. The van der Waals surface area contributed by atoms with E-state index in [9.17, 15) is 33.9 Å². The lowest BCUT2D eigenvalue weighted by Crippen LogP contribution is -2.71. The molecule has 0 aliphatic carbocycles. The fourth-order valence-corrected chi connectivity index (χ4v) is 4.98. The van der Waals surface area contributed by atoms with Crippen molar-refractivity contribution in [2.45, 2.75) is 37.8 Å². The van der Waals surface area contributed by atoms with Crippen molar-refractivity contribution in [1.82, 2.24) is 20.4 Å². The zero-order chi connectivity index (χ0) is 28.9. The molecule has 3 rings (SSSR count). The van der Waals surface area contributed by atoms with Crippen molar-refractivity contribution < 1.29 is 47.9 Å². The quantitative estimate of drug-likeness (QED) is 0.148.